The molecule has 0 saturated heterocycles. The van der Waals surface area contributed by atoms with Crippen LogP contribution in [0.25, 0.3) is 0 Å². The minimum absolute atomic E-state index is 0.0585. The molecule has 2 heterocycles. The van der Waals surface area contributed by atoms with Crippen molar-refractivity contribution in [1.82, 2.24) is 4.98 Å². The second-order valence-corrected chi connectivity index (χ2v) is 6.85. The third-order valence-electron chi connectivity index (χ3n) is 3.14. The van der Waals surface area contributed by atoms with E-state index in [-0.39, 0.29) is 5.41 Å². The first kappa shape index (κ1) is 14.9. The Morgan fingerprint density at radius 1 is 1.45 bits per heavy atom. The van der Waals surface area contributed by atoms with E-state index in [9.17, 15) is 0 Å². The van der Waals surface area contributed by atoms with Crippen molar-refractivity contribution >= 4 is 34.4 Å². The van der Waals surface area contributed by atoms with Gasteiger partial charge in [-0.1, -0.05) is 32.1 Å². The fourth-order valence-corrected chi connectivity index (χ4v) is 2.93. The molecule has 0 bridgehead atoms. The molecule has 0 unspecified atom stereocenters. The van der Waals surface area contributed by atoms with Crippen LogP contribution in [0.1, 0.15) is 30.0 Å². The maximum atomic E-state index is 5.69. The van der Waals surface area contributed by atoms with Gasteiger partial charge in [-0.25, -0.2) is 4.98 Å². The largest absolute Gasteiger partial charge is 0.389 e. The molecule has 0 radical (unpaired) electrons. The van der Waals surface area contributed by atoms with Crippen LogP contribution in [0.2, 0.25) is 0 Å². The van der Waals surface area contributed by atoms with Gasteiger partial charge in [-0.2, -0.15) is 0 Å². The zero-order chi connectivity index (χ0) is 14.8. The van der Waals surface area contributed by atoms with Gasteiger partial charge in [-0.15, -0.1) is 11.3 Å². The molecule has 106 valence electrons. The van der Waals surface area contributed by atoms with E-state index in [0.717, 1.165) is 23.6 Å². The van der Waals surface area contributed by atoms with E-state index < -0.39 is 0 Å². The van der Waals surface area contributed by atoms with E-state index in [1.807, 2.05) is 19.1 Å². The number of aromatic nitrogens is 1. The normalized spacial score (nSPS) is 11.3. The number of nitrogens with zero attached hydrogens (tertiary/aromatic N) is 1. The maximum Gasteiger partial charge on any atom is 0.126 e. The molecule has 0 aliphatic rings. The van der Waals surface area contributed by atoms with Gasteiger partial charge in [-0.05, 0) is 30.5 Å². The van der Waals surface area contributed by atoms with Crippen LogP contribution in [-0.2, 0) is 5.41 Å². The molecule has 0 fully saturated rings. The Morgan fingerprint density at radius 3 is 2.80 bits per heavy atom. The van der Waals surface area contributed by atoms with E-state index in [4.69, 9.17) is 18.0 Å². The number of nitrogens with two attached hydrogens (primary N) is 1. The molecule has 0 aromatic carbocycles. The number of aryl methyl sites for hydroxylation is 1. The number of thiocarbonyl (C=S) groups is 1. The summed E-state index contributed by atoms with van der Waals surface area (Å²) >= 11 is 6.80. The number of hydrogen-bond acceptors (Lipinski definition) is 4. The predicted octanol–water partition coefficient (Wildman–Crippen LogP) is 3.48. The van der Waals surface area contributed by atoms with Crippen LogP contribution in [0.15, 0.2) is 29.6 Å². The smallest absolute Gasteiger partial charge is 0.126 e. The van der Waals surface area contributed by atoms with Crippen molar-refractivity contribution in [3.05, 3.63) is 45.8 Å². The SMILES string of the molecule is Cc1cc(C(N)=S)cc(NCC(C)(C)c2cccs2)n1. The lowest BCUT2D eigenvalue weighted by Crippen LogP contribution is -2.27. The van der Waals surface area contributed by atoms with Crippen LogP contribution in [0.4, 0.5) is 5.82 Å². The Hall–Kier alpha value is -1.46. The van der Waals surface area contributed by atoms with Gasteiger partial charge in [-0.3, -0.25) is 0 Å². The van der Waals surface area contributed by atoms with Gasteiger partial charge < -0.3 is 11.1 Å². The summed E-state index contributed by atoms with van der Waals surface area (Å²) in [7, 11) is 0. The minimum Gasteiger partial charge on any atom is -0.389 e. The summed E-state index contributed by atoms with van der Waals surface area (Å²) in [6.07, 6.45) is 0. The van der Waals surface area contributed by atoms with Crippen molar-refractivity contribution < 1.29 is 0 Å². The van der Waals surface area contributed by atoms with Crippen LogP contribution in [0.3, 0.4) is 0 Å². The molecule has 3 N–H and O–H groups in total. The number of nitrogens with one attached hydrogen (secondary N) is 1. The Kier molecular flexibility index (Phi) is 4.40. The highest BCUT2D eigenvalue weighted by Gasteiger charge is 2.21. The van der Waals surface area contributed by atoms with Gasteiger partial charge in [0.15, 0.2) is 0 Å². The van der Waals surface area contributed by atoms with Gasteiger partial charge in [0.05, 0.1) is 0 Å². The van der Waals surface area contributed by atoms with Crippen LogP contribution in [-0.4, -0.2) is 16.5 Å². The highest BCUT2D eigenvalue weighted by atomic mass is 32.1. The van der Waals surface area contributed by atoms with Gasteiger partial charge in [0.2, 0.25) is 0 Å². The Balaban J connectivity index is 2.13. The lowest BCUT2D eigenvalue weighted by atomic mass is 9.91. The molecular formula is C15H19N3S2. The molecule has 0 saturated carbocycles. The summed E-state index contributed by atoms with van der Waals surface area (Å²) in [5, 5.41) is 5.49. The van der Waals surface area contributed by atoms with Gasteiger partial charge >= 0.3 is 0 Å². The number of pyridine rings is 1. The predicted molar refractivity (Wildman–Crippen MR) is 90.7 cm³/mol. The highest BCUT2D eigenvalue weighted by molar-refractivity contribution is 7.80. The van der Waals surface area contributed by atoms with Crippen LogP contribution >= 0.6 is 23.6 Å². The van der Waals surface area contributed by atoms with E-state index in [1.165, 1.54) is 4.88 Å². The molecule has 5 heteroatoms. The zero-order valence-corrected chi connectivity index (χ0v) is 13.6. The molecule has 2 aromatic rings. The molecule has 2 rings (SSSR count). The first-order chi connectivity index (χ1) is 9.38. The summed E-state index contributed by atoms with van der Waals surface area (Å²) in [6, 6.07) is 8.05. The number of rotatable bonds is 5. The molecule has 0 amide bonds. The van der Waals surface area contributed by atoms with Gasteiger partial charge in [0.1, 0.15) is 10.8 Å². The standard InChI is InChI=1S/C15H19N3S2/c1-10-7-11(14(16)19)8-13(18-10)17-9-15(2,3)12-5-4-6-20-12/h4-8H,9H2,1-3H3,(H2,16,19)(H,17,18). The van der Waals surface area contributed by atoms with Crippen molar-refractivity contribution in [2.45, 2.75) is 26.2 Å². The number of anilines is 1. The molecule has 2 aromatic heterocycles. The number of thiophene rings is 1. The van der Waals surface area contributed by atoms with Crippen LogP contribution in [0.5, 0.6) is 0 Å². The minimum atomic E-state index is 0.0585. The van der Waals surface area contributed by atoms with E-state index in [2.05, 4.69) is 41.7 Å². The lowest BCUT2D eigenvalue weighted by Gasteiger charge is -2.24. The van der Waals surface area contributed by atoms with Crippen molar-refractivity contribution in [1.29, 1.82) is 0 Å². The Bertz CT molecular complexity index is 604. The summed E-state index contributed by atoms with van der Waals surface area (Å²) in [5.74, 6) is 0.817. The fraction of sp³-hybridized carbons (Fsp3) is 0.333. The topological polar surface area (TPSA) is 50.9 Å². The first-order valence-electron chi connectivity index (χ1n) is 6.45. The Labute approximate surface area is 129 Å². The van der Waals surface area contributed by atoms with Gasteiger partial charge in [0.25, 0.3) is 0 Å². The quantitative estimate of drug-likeness (QED) is 0.831. The third kappa shape index (κ3) is 3.55. The second-order valence-electron chi connectivity index (χ2n) is 5.46. The maximum absolute atomic E-state index is 5.69. The average molecular weight is 305 g/mol. The molecule has 20 heavy (non-hydrogen) atoms. The first-order valence-corrected chi connectivity index (χ1v) is 7.73. The van der Waals surface area contributed by atoms with Crippen molar-refractivity contribution in [2.24, 2.45) is 5.73 Å². The van der Waals surface area contributed by atoms with Crippen molar-refractivity contribution in [2.75, 3.05) is 11.9 Å². The average Bonchev–Trinajstić information content (AvgIpc) is 2.90. The zero-order valence-electron chi connectivity index (χ0n) is 11.9. The summed E-state index contributed by atoms with van der Waals surface area (Å²) in [5.41, 5.74) is 7.51. The lowest BCUT2D eigenvalue weighted by molar-refractivity contribution is 0.568. The van der Waals surface area contributed by atoms with Gasteiger partial charge in [0, 0.05) is 28.1 Å². The molecule has 3 nitrogen and oxygen atoms in total. The molecule has 0 spiro atoms. The highest BCUT2D eigenvalue weighted by Crippen LogP contribution is 2.27. The Morgan fingerprint density at radius 2 is 2.20 bits per heavy atom. The van der Waals surface area contributed by atoms with E-state index >= 15 is 0 Å². The van der Waals surface area contributed by atoms with Crippen molar-refractivity contribution in [3.8, 4) is 0 Å². The number of hydrogen-bond donors (Lipinski definition) is 2. The summed E-state index contributed by atoms with van der Waals surface area (Å²) in [4.78, 5) is 6.23. The van der Waals surface area contributed by atoms with Crippen molar-refractivity contribution in [3.63, 3.8) is 0 Å². The van der Waals surface area contributed by atoms with E-state index in [1.54, 1.807) is 11.3 Å². The van der Waals surface area contributed by atoms with Crippen LogP contribution < -0.4 is 11.1 Å². The molecule has 0 atom stereocenters. The summed E-state index contributed by atoms with van der Waals surface area (Å²) < 4.78 is 0. The van der Waals surface area contributed by atoms with E-state index in [0.29, 0.717) is 4.99 Å². The second kappa shape index (κ2) is 5.89. The summed E-state index contributed by atoms with van der Waals surface area (Å²) in [6.45, 7) is 7.18. The molecule has 0 aliphatic heterocycles. The fourth-order valence-electron chi connectivity index (χ4n) is 1.96. The molecule has 0 aliphatic carbocycles. The third-order valence-corrected chi connectivity index (χ3v) is 4.61. The molecular weight excluding hydrogens is 286 g/mol. The van der Waals surface area contributed by atoms with Crippen LogP contribution in [0, 0.1) is 6.92 Å². The monoisotopic (exact) mass is 305 g/mol.